The van der Waals surface area contributed by atoms with Gasteiger partial charge in [0.1, 0.15) is 11.6 Å². The summed E-state index contributed by atoms with van der Waals surface area (Å²) in [5, 5.41) is 6.58. The minimum Gasteiger partial charge on any atom is -0.494 e. The van der Waals surface area contributed by atoms with E-state index < -0.39 is 0 Å². The zero-order valence-corrected chi connectivity index (χ0v) is 14.2. The predicted octanol–water partition coefficient (Wildman–Crippen LogP) is 3.52. The van der Waals surface area contributed by atoms with E-state index in [0.717, 1.165) is 48.9 Å². The van der Waals surface area contributed by atoms with E-state index in [1.807, 2.05) is 44.2 Å². The third-order valence-corrected chi connectivity index (χ3v) is 3.81. The molecule has 1 unspecified atom stereocenters. The third kappa shape index (κ3) is 4.58. The molecule has 6 nitrogen and oxygen atoms in total. The second kappa shape index (κ2) is 7.97. The number of aromatic nitrogens is 2. The Hall–Kier alpha value is -2.34. The molecule has 0 saturated carbocycles. The topological polar surface area (TPSA) is 68.3 Å². The van der Waals surface area contributed by atoms with Gasteiger partial charge in [0.2, 0.25) is 5.95 Å². The summed E-state index contributed by atoms with van der Waals surface area (Å²) in [5.41, 5.74) is 1.84. The minimum absolute atomic E-state index is 0.280. The molecule has 0 radical (unpaired) electrons. The van der Waals surface area contributed by atoms with Crippen molar-refractivity contribution in [1.82, 2.24) is 9.97 Å². The number of hydrogen-bond donors (Lipinski definition) is 2. The largest absolute Gasteiger partial charge is 0.494 e. The summed E-state index contributed by atoms with van der Waals surface area (Å²) in [5.74, 6) is 2.24. The van der Waals surface area contributed by atoms with E-state index in [1.165, 1.54) is 0 Å². The molecule has 0 amide bonds. The Bertz CT molecular complexity index is 655. The number of aryl methyl sites for hydroxylation is 1. The van der Waals surface area contributed by atoms with Gasteiger partial charge in [-0.1, -0.05) is 0 Å². The van der Waals surface area contributed by atoms with Crippen molar-refractivity contribution in [3.63, 3.8) is 0 Å². The Morgan fingerprint density at radius 2 is 2.08 bits per heavy atom. The second-order valence-corrected chi connectivity index (χ2v) is 5.82. The van der Waals surface area contributed by atoms with Gasteiger partial charge in [-0.25, -0.2) is 4.98 Å². The first-order chi connectivity index (χ1) is 11.7. The van der Waals surface area contributed by atoms with Crippen LogP contribution in [0.25, 0.3) is 0 Å². The van der Waals surface area contributed by atoms with Crippen molar-refractivity contribution in [3.8, 4) is 5.75 Å². The van der Waals surface area contributed by atoms with Crippen molar-refractivity contribution in [2.45, 2.75) is 32.8 Å². The van der Waals surface area contributed by atoms with Crippen LogP contribution in [0.1, 0.15) is 25.5 Å². The van der Waals surface area contributed by atoms with E-state index in [9.17, 15) is 0 Å². The number of benzene rings is 1. The highest BCUT2D eigenvalue weighted by molar-refractivity contribution is 5.56. The molecule has 1 saturated heterocycles. The van der Waals surface area contributed by atoms with Crippen LogP contribution in [0.4, 0.5) is 17.5 Å². The van der Waals surface area contributed by atoms with Crippen molar-refractivity contribution < 1.29 is 9.47 Å². The molecule has 1 fully saturated rings. The van der Waals surface area contributed by atoms with Gasteiger partial charge in [-0.15, -0.1) is 0 Å². The zero-order valence-electron chi connectivity index (χ0n) is 14.2. The van der Waals surface area contributed by atoms with E-state index in [1.54, 1.807) is 0 Å². The number of nitrogens with zero attached hydrogens (tertiary/aromatic N) is 2. The molecular weight excluding hydrogens is 304 g/mol. The second-order valence-electron chi connectivity index (χ2n) is 5.82. The molecule has 1 aromatic heterocycles. The Labute approximate surface area is 142 Å². The van der Waals surface area contributed by atoms with Crippen LogP contribution in [0.3, 0.4) is 0 Å². The van der Waals surface area contributed by atoms with Crippen molar-refractivity contribution in [2.75, 3.05) is 30.4 Å². The first kappa shape index (κ1) is 16.5. The van der Waals surface area contributed by atoms with E-state index in [0.29, 0.717) is 12.6 Å². The van der Waals surface area contributed by atoms with Crippen LogP contribution in [0.5, 0.6) is 5.75 Å². The van der Waals surface area contributed by atoms with Crippen molar-refractivity contribution in [1.29, 1.82) is 0 Å². The summed E-state index contributed by atoms with van der Waals surface area (Å²) in [4.78, 5) is 8.97. The SMILES string of the molecule is CCOc1ccc(Nc2nc(C)cc(NCC3CCCO3)n2)cc1. The molecule has 1 atom stereocenters. The number of ether oxygens (including phenoxy) is 2. The van der Waals surface area contributed by atoms with Crippen LogP contribution in [-0.2, 0) is 4.74 Å². The molecule has 1 aliphatic rings. The quantitative estimate of drug-likeness (QED) is 0.810. The lowest BCUT2D eigenvalue weighted by Gasteiger charge is -2.13. The summed E-state index contributed by atoms with van der Waals surface area (Å²) in [6.45, 7) is 6.23. The van der Waals surface area contributed by atoms with Gasteiger partial charge in [0.25, 0.3) is 0 Å². The van der Waals surface area contributed by atoms with Crippen molar-refractivity contribution in [3.05, 3.63) is 36.0 Å². The molecule has 3 rings (SSSR count). The Morgan fingerprint density at radius 3 is 2.79 bits per heavy atom. The lowest BCUT2D eigenvalue weighted by molar-refractivity contribution is 0.120. The van der Waals surface area contributed by atoms with Gasteiger partial charge in [-0.2, -0.15) is 4.98 Å². The van der Waals surface area contributed by atoms with Crippen LogP contribution in [-0.4, -0.2) is 35.8 Å². The summed E-state index contributed by atoms with van der Waals surface area (Å²) in [6.07, 6.45) is 2.52. The van der Waals surface area contributed by atoms with E-state index in [4.69, 9.17) is 9.47 Å². The molecular formula is C18H24N4O2. The van der Waals surface area contributed by atoms with Crippen molar-refractivity contribution >= 4 is 17.5 Å². The summed E-state index contributed by atoms with van der Waals surface area (Å²) < 4.78 is 11.1. The molecule has 0 aliphatic carbocycles. The van der Waals surface area contributed by atoms with Crippen LogP contribution >= 0.6 is 0 Å². The monoisotopic (exact) mass is 328 g/mol. The third-order valence-electron chi connectivity index (χ3n) is 3.81. The van der Waals surface area contributed by atoms with E-state index in [-0.39, 0.29) is 6.10 Å². The zero-order chi connectivity index (χ0) is 16.8. The van der Waals surface area contributed by atoms with Gasteiger partial charge in [-0.05, 0) is 51.0 Å². The normalized spacial score (nSPS) is 16.8. The van der Waals surface area contributed by atoms with Gasteiger partial charge >= 0.3 is 0 Å². The molecule has 128 valence electrons. The molecule has 6 heteroatoms. The molecule has 24 heavy (non-hydrogen) atoms. The predicted molar refractivity (Wildman–Crippen MR) is 95.1 cm³/mol. The van der Waals surface area contributed by atoms with E-state index in [2.05, 4.69) is 20.6 Å². The average molecular weight is 328 g/mol. The van der Waals surface area contributed by atoms with Crippen LogP contribution in [0.15, 0.2) is 30.3 Å². The highest BCUT2D eigenvalue weighted by Gasteiger charge is 2.15. The Morgan fingerprint density at radius 1 is 1.25 bits per heavy atom. The Kier molecular flexibility index (Phi) is 5.48. The van der Waals surface area contributed by atoms with Gasteiger partial charge < -0.3 is 20.1 Å². The summed E-state index contributed by atoms with van der Waals surface area (Å²) in [7, 11) is 0. The average Bonchev–Trinajstić information content (AvgIpc) is 3.08. The van der Waals surface area contributed by atoms with Gasteiger partial charge in [-0.3, -0.25) is 0 Å². The lowest BCUT2D eigenvalue weighted by Crippen LogP contribution is -2.19. The number of hydrogen-bond acceptors (Lipinski definition) is 6. The molecule has 2 N–H and O–H groups in total. The molecule has 0 bridgehead atoms. The number of anilines is 3. The standard InChI is InChI=1S/C18H24N4O2/c1-3-23-15-8-6-14(7-9-15)21-18-20-13(2)11-17(22-18)19-12-16-5-4-10-24-16/h6-9,11,16H,3-5,10,12H2,1-2H3,(H2,19,20,21,22). The van der Waals surface area contributed by atoms with Gasteiger partial charge in [0.15, 0.2) is 0 Å². The fourth-order valence-corrected chi connectivity index (χ4v) is 2.67. The maximum atomic E-state index is 5.63. The van der Waals surface area contributed by atoms with Gasteiger partial charge in [0.05, 0.1) is 12.7 Å². The highest BCUT2D eigenvalue weighted by atomic mass is 16.5. The summed E-state index contributed by atoms with van der Waals surface area (Å²) >= 11 is 0. The maximum absolute atomic E-state index is 5.63. The lowest BCUT2D eigenvalue weighted by atomic mass is 10.2. The number of rotatable bonds is 7. The minimum atomic E-state index is 0.280. The van der Waals surface area contributed by atoms with Gasteiger partial charge in [0, 0.05) is 30.6 Å². The Balaban J connectivity index is 1.64. The fraction of sp³-hybridized carbons (Fsp3) is 0.444. The fourth-order valence-electron chi connectivity index (χ4n) is 2.67. The van der Waals surface area contributed by atoms with E-state index >= 15 is 0 Å². The first-order valence-electron chi connectivity index (χ1n) is 8.44. The molecule has 0 spiro atoms. The van der Waals surface area contributed by atoms with Crippen LogP contribution < -0.4 is 15.4 Å². The highest BCUT2D eigenvalue weighted by Crippen LogP contribution is 2.20. The maximum Gasteiger partial charge on any atom is 0.229 e. The smallest absolute Gasteiger partial charge is 0.229 e. The molecule has 1 aliphatic heterocycles. The number of nitrogens with one attached hydrogen (secondary N) is 2. The van der Waals surface area contributed by atoms with Crippen LogP contribution in [0, 0.1) is 6.92 Å². The molecule has 2 aromatic rings. The van der Waals surface area contributed by atoms with Crippen molar-refractivity contribution in [2.24, 2.45) is 0 Å². The van der Waals surface area contributed by atoms with Crippen LogP contribution in [0.2, 0.25) is 0 Å². The first-order valence-corrected chi connectivity index (χ1v) is 8.44. The molecule has 1 aromatic carbocycles. The molecule has 2 heterocycles. The summed E-state index contributed by atoms with van der Waals surface area (Å²) in [6, 6.07) is 9.71.